The maximum Gasteiger partial charge on any atom is 0.274 e. The van der Waals surface area contributed by atoms with E-state index in [4.69, 9.17) is 11.6 Å². The highest BCUT2D eigenvalue weighted by atomic mass is 35.5. The Balaban J connectivity index is 1.62. The van der Waals surface area contributed by atoms with Gasteiger partial charge in [-0.05, 0) is 67.4 Å². The number of nitrogens with one attached hydrogen (secondary N) is 1. The monoisotopic (exact) mass is 549 g/mol. The fraction of sp³-hybridized carbons (Fsp3) is 0.107. The highest BCUT2D eigenvalue weighted by Crippen LogP contribution is 2.31. The lowest BCUT2D eigenvalue weighted by atomic mass is 10.1. The average molecular weight is 550 g/mol. The zero-order chi connectivity index (χ0) is 27.4. The number of hydrogen-bond donors (Lipinski definition) is 1. The first-order valence-corrected chi connectivity index (χ1v) is 13.4. The van der Waals surface area contributed by atoms with E-state index >= 15 is 0 Å². The highest BCUT2D eigenvalue weighted by molar-refractivity contribution is 7.92. The van der Waals surface area contributed by atoms with Crippen molar-refractivity contribution in [1.82, 2.24) is 0 Å². The molecule has 0 spiro atoms. The third-order valence-corrected chi connectivity index (χ3v) is 8.07. The fourth-order valence-corrected chi connectivity index (χ4v) is 5.65. The van der Waals surface area contributed by atoms with Gasteiger partial charge in [0, 0.05) is 16.7 Å². The minimum Gasteiger partial charge on any atom is -0.321 e. The highest BCUT2D eigenvalue weighted by Gasteiger charge is 2.26. The second-order valence-electron chi connectivity index (χ2n) is 8.61. The number of nitro benzene ring substituents is 1. The molecule has 0 fully saturated rings. The maximum atomic E-state index is 13.7. The van der Waals surface area contributed by atoms with Gasteiger partial charge < -0.3 is 5.32 Å². The Morgan fingerprint density at radius 2 is 1.63 bits per heavy atom. The van der Waals surface area contributed by atoms with Gasteiger partial charge in [-0.15, -0.1) is 0 Å². The van der Waals surface area contributed by atoms with Gasteiger partial charge in [0.15, 0.2) is 0 Å². The van der Waals surface area contributed by atoms with Gasteiger partial charge >= 0.3 is 0 Å². The van der Waals surface area contributed by atoms with E-state index in [-0.39, 0.29) is 17.1 Å². The Labute approximate surface area is 225 Å². The van der Waals surface area contributed by atoms with Crippen molar-refractivity contribution < 1.29 is 18.1 Å². The van der Waals surface area contributed by atoms with E-state index in [1.54, 1.807) is 73.7 Å². The quantitative estimate of drug-likeness (QED) is 0.199. The molecule has 0 aliphatic rings. The molecular weight excluding hydrogens is 526 g/mol. The number of hydrogen-bond acceptors (Lipinski definition) is 5. The number of nitro groups is 1. The van der Waals surface area contributed by atoms with E-state index in [1.165, 1.54) is 28.6 Å². The second kappa shape index (κ2) is 11.0. The van der Waals surface area contributed by atoms with Crippen molar-refractivity contribution in [3.8, 4) is 0 Å². The van der Waals surface area contributed by atoms with Crippen molar-refractivity contribution in [2.75, 3.05) is 9.62 Å². The van der Waals surface area contributed by atoms with Gasteiger partial charge in [0.25, 0.3) is 21.6 Å². The van der Waals surface area contributed by atoms with Crippen LogP contribution in [0, 0.1) is 24.0 Å². The number of amides is 1. The molecule has 0 aliphatic carbocycles. The van der Waals surface area contributed by atoms with Crippen LogP contribution < -0.4 is 9.62 Å². The predicted octanol–water partition coefficient (Wildman–Crippen LogP) is 6.51. The molecular formula is C28H24ClN3O5S. The predicted molar refractivity (Wildman–Crippen MR) is 148 cm³/mol. The van der Waals surface area contributed by atoms with Crippen LogP contribution in [0.3, 0.4) is 0 Å². The summed E-state index contributed by atoms with van der Waals surface area (Å²) in [6.07, 6.45) is 0. The zero-order valence-electron chi connectivity index (χ0n) is 20.6. The van der Waals surface area contributed by atoms with E-state index in [1.807, 2.05) is 6.92 Å². The number of rotatable bonds is 8. The molecule has 0 aliphatic heterocycles. The van der Waals surface area contributed by atoms with Crippen LogP contribution in [0.15, 0.2) is 95.9 Å². The molecule has 38 heavy (non-hydrogen) atoms. The first-order chi connectivity index (χ1) is 18.1. The lowest BCUT2D eigenvalue weighted by molar-refractivity contribution is -0.385. The van der Waals surface area contributed by atoms with Crippen LogP contribution >= 0.6 is 11.6 Å². The Kier molecular flexibility index (Phi) is 7.80. The molecule has 10 heteroatoms. The molecule has 0 atom stereocenters. The van der Waals surface area contributed by atoms with Crippen molar-refractivity contribution in [3.63, 3.8) is 0 Å². The van der Waals surface area contributed by atoms with E-state index in [2.05, 4.69) is 5.32 Å². The van der Waals surface area contributed by atoms with E-state index in [9.17, 15) is 23.3 Å². The van der Waals surface area contributed by atoms with Crippen molar-refractivity contribution in [3.05, 3.63) is 128 Å². The van der Waals surface area contributed by atoms with E-state index < -0.39 is 20.9 Å². The summed E-state index contributed by atoms with van der Waals surface area (Å²) in [6, 6.07) is 24.2. The summed E-state index contributed by atoms with van der Waals surface area (Å²) in [5.74, 6) is -0.445. The van der Waals surface area contributed by atoms with Gasteiger partial charge in [0.05, 0.1) is 33.3 Å². The van der Waals surface area contributed by atoms with E-state index in [0.717, 1.165) is 5.56 Å². The topological polar surface area (TPSA) is 110 Å². The Morgan fingerprint density at radius 3 is 2.29 bits per heavy atom. The molecule has 0 aromatic heterocycles. The fourth-order valence-electron chi connectivity index (χ4n) is 3.95. The molecule has 8 nitrogen and oxygen atoms in total. The second-order valence-corrected chi connectivity index (χ2v) is 10.9. The van der Waals surface area contributed by atoms with Crippen molar-refractivity contribution in [2.45, 2.75) is 25.3 Å². The standard InChI is InChI=1S/C28H24ClN3O5S/c1-19-11-16-23(29)17-27(19)31(38(36,37)24-7-4-3-5-8-24)18-21-12-14-22(15-13-21)28(33)30-25-9-6-10-26(20(25)2)32(34)35/h3-17H,18H2,1-2H3,(H,30,33). The van der Waals surface area contributed by atoms with Crippen LogP contribution in [0.25, 0.3) is 0 Å². The van der Waals surface area contributed by atoms with Gasteiger partial charge in [-0.3, -0.25) is 19.2 Å². The number of anilines is 2. The summed E-state index contributed by atoms with van der Waals surface area (Å²) in [4.78, 5) is 23.7. The molecule has 194 valence electrons. The van der Waals surface area contributed by atoms with Crippen LogP contribution in [0.4, 0.5) is 17.1 Å². The normalized spacial score (nSPS) is 11.1. The summed E-state index contributed by atoms with van der Waals surface area (Å²) in [7, 11) is -3.93. The lowest BCUT2D eigenvalue weighted by Gasteiger charge is -2.26. The average Bonchev–Trinajstić information content (AvgIpc) is 2.90. The minimum atomic E-state index is -3.93. The van der Waals surface area contributed by atoms with Gasteiger partial charge in [0.1, 0.15) is 0 Å². The summed E-state index contributed by atoms with van der Waals surface area (Å²) < 4.78 is 28.6. The lowest BCUT2D eigenvalue weighted by Crippen LogP contribution is -2.31. The molecule has 0 bridgehead atoms. The maximum absolute atomic E-state index is 13.7. The zero-order valence-corrected chi connectivity index (χ0v) is 22.2. The molecule has 0 unspecified atom stereocenters. The van der Waals surface area contributed by atoms with Gasteiger partial charge in [0.2, 0.25) is 0 Å². The number of carbonyl (C=O) groups is 1. The number of aryl methyl sites for hydroxylation is 1. The van der Waals surface area contributed by atoms with Crippen molar-refractivity contribution in [1.29, 1.82) is 0 Å². The number of carbonyl (C=O) groups excluding carboxylic acids is 1. The largest absolute Gasteiger partial charge is 0.321 e. The van der Waals surface area contributed by atoms with Crippen molar-refractivity contribution >= 4 is 44.6 Å². The molecule has 0 radical (unpaired) electrons. The van der Waals surface area contributed by atoms with Crippen LogP contribution in [-0.2, 0) is 16.6 Å². The smallest absolute Gasteiger partial charge is 0.274 e. The van der Waals surface area contributed by atoms with Gasteiger partial charge in [-0.25, -0.2) is 8.42 Å². The summed E-state index contributed by atoms with van der Waals surface area (Å²) in [5, 5.41) is 14.3. The van der Waals surface area contributed by atoms with Crippen LogP contribution in [0.5, 0.6) is 0 Å². The summed E-state index contributed by atoms with van der Waals surface area (Å²) >= 11 is 6.22. The first-order valence-electron chi connectivity index (χ1n) is 11.6. The third kappa shape index (κ3) is 5.69. The Bertz CT molecular complexity index is 1610. The number of halogens is 1. The van der Waals surface area contributed by atoms with Gasteiger partial charge in [-0.2, -0.15) is 0 Å². The first kappa shape index (κ1) is 26.8. The number of benzene rings is 4. The molecule has 4 aromatic carbocycles. The van der Waals surface area contributed by atoms with Crippen LogP contribution in [-0.4, -0.2) is 19.2 Å². The van der Waals surface area contributed by atoms with Crippen LogP contribution in [0.2, 0.25) is 5.02 Å². The number of nitrogens with zero attached hydrogens (tertiary/aromatic N) is 2. The van der Waals surface area contributed by atoms with Crippen LogP contribution in [0.1, 0.15) is 27.0 Å². The van der Waals surface area contributed by atoms with E-state index in [0.29, 0.717) is 33.1 Å². The number of sulfonamides is 1. The molecule has 0 saturated heterocycles. The molecule has 0 saturated carbocycles. The molecule has 4 aromatic rings. The molecule has 1 amide bonds. The third-order valence-electron chi connectivity index (χ3n) is 6.06. The Morgan fingerprint density at radius 1 is 0.947 bits per heavy atom. The summed E-state index contributed by atoms with van der Waals surface area (Å²) in [6.45, 7) is 3.38. The van der Waals surface area contributed by atoms with Crippen molar-refractivity contribution in [2.24, 2.45) is 0 Å². The minimum absolute atomic E-state index is 0.00426. The molecule has 4 rings (SSSR count). The van der Waals surface area contributed by atoms with Gasteiger partial charge in [-0.1, -0.05) is 54.1 Å². The summed E-state index contributed by atoms with van der Waals surface area (Å²) in [5.41, 5.74) is 2.74. The molecule has 0 heterocycles. The SMILES string of the molecule is Cc1ccc(Cl)cc1N(Cc1ccc(C(=O)Nc2cccc([N+](=O)[O-])c2C)cc1)S(=O)(=O)c1ccccc1. The molecule has 1 N–H and O–H groups in total. The Hall–Kier alpha value is -4.21.